The summed E-state index contributed by atoms with van der Waals surface area (Å²) >= 11 is 1.76. The number of hydrogen-bond acceptors (Lipinski definition) is 1. The Bertz CT molecular complexity index is 48.1. The molecule has 1 heteroatoms. The van der Waals surface area contributed by atoms with Gasteiger partial charge < -0.3 is 0 Å². The number of unbranched alkanes of at least 4 members (excludes halogenated alkanes) is 1. The molecule has 0 atom stereocenters. The molecule has 0 aliphatic heterocycles. The number of thioether (sulfide) groups is 1. The lowest BCUT2D eigenvalue weighted by molar-refractivity contribution is 0.960. The van der Waals surface area contributed by atoms with Crippen molar-refractivity contribution in [3.63, 3.8) is 0 Å². The van der Waals surface area contributed by atoms with Gasteiger partial charge in [-0.05, 0) is 18.1 Å². The van der Waals surface area contributed by atoms with Crippen molar-refractivity contribution in [2.24, 2.45) is 0 Å². The van der Waals surface area contributed by atoms with Crippen LogP contribution in [-0.2, 0) is 0 Å². The Balaban J connectivity index is 2.78. The summed E-state index contributed by atoms with van der Waals surface area (Å²) in [4.78, 5) is 0. The van der Waals surface area contributed by atoms with E-state index < -0.39 is 0 Å². The van der Waals surface area contributed by atoms with Crippen molar-refractivity contribution in [1.82, 2.24) is 0 Å². The van der Waals surface area contributed by atoms with E-state index in [9.17, 15) is 0 Å². The molecule has 0 N–H and O–H groups in total. The molecule has 0 unspecified atom stereocenters. The summed E-state index contributed by atoms with van der Waals surface area (Å²) < 4.78 is 0. The molecular weight excluding hydrogens is 104 g/mol. The molecule has 42 valence electrons. The van der Waals surface area contributed by atoms with Crippen LogP contribution in [0.15, 0.2) is 11.5 Å². The van der Waals surface area contributed by atoms with Crippen LogP contribution in [0.1, 0.15) is 19.8 Å². The average Bonchev–Trinajstić information content (AvgIpc) is 1.69. The van der Waals surface area contributed by atoms with E-state index in [0.29, 0.717) is 0 Å². The molecule has 0 spiro atoms. The van der Waals surface area contributed by atoms with E-state index in [1.165, 1.54) is 12.8 Å². The molecule has 0 aromatic heterocycles. The van der Waals surface area contributed by atoms with Gasteiger partial charge in [-0.25, -0.2) is 0 Å². The molecule has 0 rings (SSSR count). The first-order valence-corrected chi connectivity index (χ1v) is 3.88. The van der Waals surface area contributed by atoms with E-state index in [0.717, 1.165) is 0 Å². The van der Waals surface area contributed by atoms with Crippen molar-refractivity contribution in [2.45, 2.75) is 19.8 Å². The fourth-order valence-corrected chi connectivity index (χ4v) is 0.659. The second-order valence-corrected chi connectivity index (χ2v) is 2.14. The van der Waals surface area contributed by atoms with Crippen LogP contribution in [0.3, 0.4) is 0 Å². The van der Waals surface area contributed by atoms with Gasteiger partial charge in [0.05, 0.1) is 0 Å². The van der Waals surface area contributed by atoms with Crippen molar-refractivity contribution < 1.29 is 0 Å². The summed E-state index contributed by atoms with van der Waals surface area (Å²) in [5.41, 5.74) is 0. The van der Waals surface area contributed by atoms with Crippen LogP contribution in [0.25, 0.3) is 0 Å². The molecule has 0 fully saturated rings. The fraction of sp³-hybridized carbons (Fsp3) is 0.667. The van der Waals surface area contributed by atoms with E-state index >= 15 is 0 Å². The molecule has 0 heterocycles. The lowest BCUT2D eigenvalue weighted by Crippen LogP contribution is -1.56. The first-order chi connectivity index (χ1) is 3.41. The molecule has 0 nitrogen and oxygen atoms in total. The minimum atomic E-state index is 1.22. The van der Waals surface area contributed by atoms with Crippen LogP contribution >= 0.6 is 11.8 Å². The van der Waals surface area contributed by atoms with Crippen LogP contribution in [0, 0.1) is 0 Å². The minimum absolute atomic E-state index is 1.22. The van der Waals surface area contributed by atoms with Crippen LogP contribution in [0.4, 0.5) is 0 Å². The lowest BCUT2D eigenvalue weighted by Gasteiger charge is -1.79. The van der Waals surface area contributed by atoms with Gasteiger partial charge in [0.1, 0.15) is 0 Å². The third-order valence-corrected chi connectivity index (χ3v) is 1.15. The molecule has 0 radical (unpaired) electrons. The minimum Gasteiger partial charge on any atom is -0.138 e. The maximum atomic E-state index is 2.20. The predicted molar refractivity (Wildman–Crippen MR) is 37.6 cm³/mol. The van der Waals surface area contributed by atoms with E-state index in [2.05, 4.69) is 24.7 Å². The first-order valence-electron chi connectivity index (χ1n) is 2.59. The van der Waals surface area contributed by atoms with Gasteiger partial charge in [0.2, 0.25) is 0 Å². The predicted octanol–water partition coefficient (Wildman–Crippen LogP) is 2.66. The second kappa shape index (κ2) is 6.09. The highest BCUT2D eigenvalue weighted by molar-refractivity contribution is 8.01. The SMILES string of the molecule is CCCC=CSC. The summed E-state index contributed by atoms with van der Waals surface area (Å²) in [6.45, 7) is 2.19. The van der Waals surface area contributed by atoms with Crippen molar-refractivity contribution in [3.8, 4) is 0 Å². The van der Waals surface area contributed by atoms with Crippen molar-refractivity contribution in [3.05, 3.63) is 11.5 Å². The lowest BCUT2D eigenvalue weighted by atomic mass is 10.3. The third kappa shape index (κ3) is 6.09. The zero-order valence-corrected chi connectivity index (χ0v) is 5.79. The largest absolute Gasteiger partial charge is 0.138 e. The smallest absolute Gasteiger partial charge is 0.0142 e. The highest BCUT2D eigenvalue weighted by Crippen LogP contribution is 1.96. The van der Waals surface area contributed by atoms with Gasteiger partial charge >= 0.3 is 0 Å². The van der Waals surface area contributed by atoms with Crippen molar-refractivity contribution >= 4 is 11.8 Å². The van der Waals surface area contributed by atoms with E-state index in [1.807, 2.05) is 0 Å². The monoisotopic (exact) mass is 116 g/mol. The second-order valence-electron chi connectivity index (χ2n) is 1.40. The highest BCUT2D eigenvalue weighted by atomic mass is 32.2. The van der Waals surface area contributed by atoms with Crippen molar-refractivity contribution in [2.75, 3.05) is 6.26 Å². The number of allylic oxidation sites excluding steroid dienone is 1. The zero-order valence-electron chi connectivity index (χ0n) is 4.98. The molecule has 0 saturated carbocycles. The van der Waals surface area contributed by atoms with Gasteiger partial charge in [-0.2, -0.15) is 0 Å². The summed E-state index contributed by atoms with van der Waals surface area (Å²) in [5, 5.41) is 2.13. The molecule has 0 bridgehead atoms. The molecule has 0 saturated heterocycles. The quantitative estimate of drug-likeness (QED) is 0.546. The molecule has 0 aromatic rings. The van der Waals surface area contributed by atoms with Gasteiger partial charge in [0.15, 0.2) is 0 Å². The number of hydrogen-bond donors (Lipinski definition) is 0. The molecule has 0 aromatic carbocycles. The Morgan fingerprint density at radius 2 is 2.29 bits per heavy atom. The molecule has 0 aliphatic carbocycles. The number of rotatable bonds is 3. The molecule has 0 amide bonds. The Kier molecular flexibility index (Phi) is 6.17. The third-order valence-electron chi connectivity index (χ3n) is 0.688. The van der Waals surface area contributed by atoms with Gasteiger partial charge in [-0.1, -0.05) is 19.4 Å². The topological polar surface area (TPSA) is 0 Å². The van der Waals surface area contributed by atoms with Crippen LogP contribution < -0.4 is 0 Å². The Labute approximate surface area is 50.0 Å². The van der Waals surface area contributed by atoms with E-state index in [-0.39, 0.29) is 0 Å². The normalized spacial score (nSPS) is 10.6. The summed E-state index contributed by atoms with van der Waals surface area (Å²) in [7, 11) is 0. The van der Waals surface area contributed by atoms with Gasteiger partial charge in [-0.3, -0.25) is 0 Å². The molecule has 7 heavy (non-hydrogen) atoms. The van der Waals surface area contributed by atoms with E-state index in [4.69, 9.17) is 0 Å². The summed E-state index contributed by atoms with van der Waals surface area (Å²) in [5.74, 6) is 0. The zero-order chi connectivity index (χ0) is 5.54. The van der Waals surface area contributed by atoms with Gasteiger partial charge in [-0.15, -0.1) is 11.8 Å². The van der Waals surface area contributed by atoms with Crippen LogP contribution in [-0.4, -0.2) is 6.26 Å². The maximum absolute atomic E-state index is 2.20. The Hall–Kier alpha value is 0.0900. The van der Waals surface area contributed by atoms with Crippen LogP contribution in [0.2, 0.25) is 0 Å². The fourth-order valence-electron chi connectivity index (χ4n) is 0.331. The highest BCUT2D eigenvalue weighted by Gasteiger charge is 1.68. The molecule has 0 aliphatic rings. The summed E-state index contributed by atoms with van der Waals surface area (Å²) in [6.07, 6.45) is 6.76. The average molecular weight is 116 g/mol. The standard InChI is InChI=1S/C6H12S/c1-3-4-5-6-7-2/h5-6H,3-4H2,1-2H3. The Morgan fingerprint density at radius 3 is 2.71 bits per heavy atom. The Morgan fingerprint density at radius 1 is 1.57 bits per heavy atom. The molecular formula is C6H12S. The van der Waals surface area contributed by atoms with Gasteiger partial charge in [0.25, 0.3) is 0 Å². The summed E-state index contributed by atoms with van der Waals surface area (Å²) in [6, 6.07) is 0. The van der Waals surface area contributed by atoms with Crippen molar-refractivity contribution in [1.29, 1.82) is 0 Å². The maximum Gasteiger partial charge on any atom is -0.0142 e. The van der Waals surface area contributed by atoms with E-state index in [1.54, 1.807) is 11.8 Å². The first kappa shape index (κ1) is 7.09. The van der Waals surface area contributed by atoms with Gasteiger partial charge in [0, 0.05) is 0 Å². The van der Waals surface area contributed by atoms with Crippen LogP contribution in [0.5, 0.6) is 0 Å².